The fraction of sp³-hybridized carbons (Fsp3) is 0.667. The standard InChI is InChI=1S/C9H14O4S/c1-13-9(10)6-7-4-3-5-8(7)14(2,11)12/h6,8H,3-5H2,1-2H3/b7-6-. The Kier molecular flexibility index (Phi) is 3.31. The molecule has 1 fully saturated rings. The number of sulfone groups is 1. The van der Waals surface area contributed by atoms with Crippen molar-refractivity contribution in [3.05, 3.63) is 11.6 Å². The van der Waals surface area contributed by atoms with Gasteiger partial charge < -0.3 is 4.74 Å². The van der Waals surface area contributed by atoms with Crippen molar-refractivity contribution in [3.63, 3.8) is 0 Å². The summed E-state index contributed by atoms with van der Waals surface area (Å²) in [5, 5.41) is -0.485. The van der Waals surface area contributed by atoms with E-state index in [-0.39, 0.29) is 0 Å². The van der Waals surface area contributed by atoms with E-state index in [0.717, 1.165) is 6.42 Å². The van der Waals surface area contributed by atoms with Gasteiger partial charge in [-0.25, -0.2) is 13.2 Å². The fourth-order valence-electron chi connectivity index (χ4n) is 1.70. The maximum atomic E-state index is 11.3. The van der Waals surface area contributed by atoms with Crippen LogP contribution in [0.4, 0.5) is 0 Å². The molecule has 0 spiro atoms. The van der Waals surface area contributed by atoms with E-state index in [1.54, 1.807) is 0 Å². The third kappa shape index (κ3) is 2.57. The van der Waals surface area contributed by atoms with Crippen molar-refractivity contribution in [2.24, 2.45) is 0 Å². The van der Waals surface area contributed by atoms with Gasteiger partial charge in [0.1, 0.15) is 0 Å². The Balaban J connectivity index is 2.90. The number of hydrogen-bond donors (Lipinski definition) is 0. The molecular weight excluding hydrogens is 204 g/mol. The van der Waals surface area contributed by atoms with Gasteiger partial charge >= 0.3 is 5.97 Å². The second-order valence-electron chi connectivity index (χ2n) is 3.45. The zero-order valence-electron chi connectivity index (χ0n) is 8.32. The first-order chi connectivity index (χ1) is 6.45. The quantitative estimate of drug-likeness (QED) is 0.505. The highest BCUT2D eigenvalue weighted by Crippen LogP contribution is 2.29. The van der Waals surface area contributed by atoms with E-state index >= 15 is 0 Å². The molecule has 0 aliphatic heterocycles. The van der Waals surface area contributed by atoms with Crippen molar-refractivity contribution >= 4 is 15.8 Å². The Morgan fingerprint density at radius 1 is 1.57 bits per heavy atom. The lowest BCUT2D eigenvalue weighted by Gasteiger charge is -2.08. The fourth-order valence-corrected chi connectivity index (χ4v) is 3.03. The molecule has 0 saturated heterocycles. The van der Waals surface area contributed by atoms with Crippen LogP contribution in [0.5, 0.6) is 0 Å². The van der Waals surface area contributed by atoms with Gasteiger partial charge in [-0.3, -0.25) is 0 Å². The molecule has 0 radical (unpaired) electrons. The van der Waals surface area contributed by atoms with Gasteiger partial charge in [0, 0.05) is 12.3 Å². The van der Waals surface area contributed by atoms with Crippen LogP contribution in [-0.4, -0.2) is 33.0 Å². The van der Waals surface area contributed by atoms with Crippen molar-refractivity contribution < 1.29 is 17.9 Å². The highest BCUT2D eigenvalue weighted by atomic mass is 32.2. The third-order valence-electron chi connectivity index (χ3n) is 2.37. The van der Waals surface area contributed by atoms with E-state index in [1.165, 1.54) is 19.4 Å². The van der Waals surface area contributed by atoms with Gasteiger partial charge in [-0.1, -0.05) is 0 Å². The van der Waals surface area contributed by atoms with Gasteiger partial charge in [-0.15, -0.1) is 0 Å². The third-order valence-corrected chi connectivity index (χ3v) is 3.94. The Morgan fingerprint density at radius 3 is 2.71 bits per heavy atom. The van der Waals surface area contributed by atoms with Crippen LogP contribution in [-0.2, 0) is 19.4 Å². The lowest BCUT2D eigenvalue weighted by Crippen LogP contribution is -2.18. The van der Waals surface area contributed by atoms with E-state index in [4.69, 9.17) is 0 Å². The molecule has 1 rings (SSSR count). The van der Waals surface area contributed by atoms with Crippen LogP contribution < -0.4 is 0 Å². The van der Waals surface area contributed by atoms with Gasteiger partial charge in [-0.2, -0.15) is 0 Å². The minimum Gasteiger partial charge on any atom is -0.466 e. The van der Waals surface area contributed by atoms with Crippen molar-refractivity contribution in [2.45, 2.75) is 24.5 Å². The number of ether oxygens (including phenoxy) is 1. The van der Waals surface area contributed by atoms with Crippen LogP contribution in [0.25, 0.3) is 0 Å². The van der Waals surface area contributed by atoms with Crippen LogP contribution in [0.2, 0.25) is 0 Å². The Hall–Kier alpha value is -0.840. The number of methoxy groups -OCH3 is 1. The molecule has 0 aromatic rings. The molecule has 14 heavy (non-hydrogen) atoms. The van der Waals surface area contributed by atoms with E-state index < -0.39 is 21.1 Å². The summed E-state index contributed by atoms with van der Waals surface area (Å²) < 4.78 is 27.1. The van der Waals surface area contributed by atoms with E-state index in [1.807, 2.05) is 0 Å². The average Bonchev–Trinajstić information content (AvgIpc) is 2.51. The molecule has 4 nitrogen and oxygen atoms in total. The van der Waals surface area contributed by atoms with E-state index in [2.05, 4.69) is 4.74 Å². The first-order valence-corrected chi connectivity index (χ1v) is 6.38. The van der Waals surface area contributed by atoms with Crippen molar-refractivity contribution in [1.29, 1.82) is 0 Å². The molecule has 0 N–H and O–H groups in total. The topological polar surface area (TPSA) is 60.4 Å². The van der Waals surface area contributed by atoms with Crippen LogP contribution in [0, 0.1) is 0 Å². The summed E-state index contributed by atoms with van der Waals surface area (Å²) in [6.07, 6.45) is 4.61. The monoisotopic (exact) mass is 218 g/mol. The maximum absolute atomic E-state index is 11.3. The Labute approximate surface area is 83.9 Å². The van der Waals surface area contributed by atoms with Crippen molar-refractivity contribution in [2.75, 3.05) is 13.4 Å². The summed E-state index contributed by atoms with van der Waals surface area (Å²) in [4.78, 5) is 10.9. The Bertz CT molecular complexity index is 353. The van der Waals surface area contributed by atoms with Gasteiger partial charge in [-0.05, 0) is 24.8 Å². The van der Waals surface area contributed by atoms with Gasteiger partial charge in [0.25, 0.3) is 0 Å². The average molecular weight is 218 g/mol. The molecule has 1 aliphatic rings. The highest BCUT2D eigenvalue weighted by molar-refractivity contribution is 7.91. The first-order valence-electron chi connectivity index (χ1n) is 4.42. The van der Waals surface area contributed by atoms with Gasteiger partial charge in [0.15, 0.2) is 9.84 Å². The number of carbonyl (C=O) groups excluding carboxylic acids is 1. The smallest absolute Gasteiger partial charge is 0.330 e. The largest absolute Gasteiger partial charge is 0.466 e. The lowest BCUT2D eigenvalue weighted by molar-refractivity contribution is -0.134. The molecule has 0 bridgehead atoms. The second-order valence-corrected chi connectivity index (χ2v) is 5.68. The molecular formula is C9H14O4S. The summed E-state index contributed by atoms with van der Waals surface area (Å²) in [5.74, 6) is -0.476. The van der Waals surface area contributed by atoms with Crippen LogP contribution in [0.1, 0.15) is 19.3 Å². The maximum Gasteiger partial charge on any atom is 0.330 e. The zero-order valence-corrected chi connectivity index (χ0v) is 9.13. The minimum absolute atomic E-state index is 0.476. The molecule has 5 heteroatoms. The van der Waals surface area contributed by atoms with Crippen molar-refractivity contribution in [3.8, 4) is 0 Å². The lowest BCUT2D eigenvalue weighted by atomic mass is 10.2. The summed E-state index contributed by atoms with van der Waals surface area (Å²) in [6.45, 7) is 0. The molecule has 1 aliphatic carbocycles. The number of rotatable bonds is 2. The molecule has 0 aromatic heterocycles. The highest BCUT2D eigenvalue weighted by Gasteiger charge is 2.30. The van der Waals surface area contributed by atoms with Crippen LogP contribution >= 0.6 is 0 Å². The molecule has 1 saturated carbocycles. The molecule has 1 atom stereocenters. The number of hydrogen-bond acceptors (Lipinski definition) is 4. The summed E-state index contributed by atoms with van der Waals surface area (Å²) in [5.41, 5.74) is 0.680. The molecule has 1 unspecified atom stereocenters. The van der Waals surface area contributed by atoms with Crippen molar-refractivity contribution in [1.82, 2.24) is 0 Å². The SMILES string of the molecule is COC(=O)/C=C1/CCCC1S(C)(=O)=O. The summed E-state index contributed by atoms with van der Waals surface area (Å²) in [6, 6.07) is 0. The van der Waals surface area contributed by atoms with E-state index in [0.29, 0.717) is 18.4 Å². The van der Waals surface area contributed by atoms with E-state index in [9.17, 15) is 13.2 Å². The first kappa shape index (κ1) is 11.2. The van der Waals surface area contributed by atoms with Crippen LogP contribution in [0.3, 0.4) is 0 Å². The Morgan fingerprint density at radius 2 is 2.21 bits per heavy atom. The zero-order chi connectivity index (χ0) is 10.8. The number of carbonyl (C=O) groups is 1. The predicted octanol–water partition coefficient (Wildman–Crippen LogP) is 0.683. The predicted molar refractivity (Wildman–Crippen MR) is 52.6 cm³/mol. The molecule has 0 amide bonds. The minimum atomic E-state index is -3.08. The molecule has 80 valence electrons. The van der Waals surface area contributed by atoms with Gasteiger partial charge in [0.2, 0.25) is 0 Å². The normalized spacial score (nSPS) is 25.3. The number of esters is 1. The summed E-state index contributed by atoms with van der Waals surface area (Å²) in [7, 11) is -1.80. The molecule has 0 heterocycles. The summed E-state index contributed by atoms with van der Waals surface area (Å²) >= 11 is 0. The van der Waals surface area contributed by atoms with Gasteiger partial charge in [0.05, 0.1) is 12.4 Å². The second kappa shape index (κ2) is 4.13. The molecule has 0 aromatic carbocycles. The van der Waals surface area contributed by atoms with Crippen LogP contribution in [0.15, 0.2) is 11.6 Å².